The highest BCUT2D eigenvalue weighted by Gasteiger charge is 2.22. The number of halogens is 1. The molecule has 0 spiro atoms. The van der Waals surface area contributed by atoms with Crippen LogP contribution in [0.5, 0.6) is 5.75 Å². The molecule has 2 atom stereocenters. The third-order valence-corrected chi connectivity index (χ3v) is 4.04. The fourth-order valence-electron chi connectivity index (χ4n) is 2.37. The molecule has 1 aromatic carbocycles. The van der Waals surface area contributed by atoms with Gasteiger partial charge in [0.15, 0.2) is 0 Å². The number of hydrogen-bond donors (Lipinski definition) is 2. The normalized spacial score (nSPS) is 21.7. The zero-order chi connectivity index (χ0) is 14.4. The summed E-state index contributed by atoms with van der Waals surface area (Å²) in [4.78, 5) is 11.7. The van der Waals surface area contributed by atoms with Gasteiger partial charge in [-0.15, -0.1) is 0 Å². The molecule has 2 rings (SSSR count). The van der Waals surface area contributed by atoms with Gasteiger partial charge in [0.1, 0.15) is 5.75 Å². The molecule has 0 aromatic heterocycles. The quantitative estimate of drug-likeness (QED) is 0.835. The number of benzene rings is 1. The van der Waals surface area contributed by atoms with E-state index in [0.717, 1.165) is 29.5 Å². The highest BCUT2D eigenvalue weighted by Crippen LogP contribution is 2.24. The largest absolute Gasteiger partial charge is 0.493 e. The molecule has 0 heterocycles. The van der Waals surface area contributed by atoms with Crippen LogP contribution in [0, 0.1) is 5.92 Å². The average molecular weight is 342 g/mol. The highest BCUT2D eigenvalue weighted by atomic mass is 79.9. The van der Waals surface area contributed by atoms with Gasteiger partial charge in [-0.05, 0) is 49.4 Å². The second-order valence-electron chi connectivity index (χ2n) is 5.19. The summed E-state index contributed by atoms with van der Waals surface area (Å²) in [6.45, 7) is 1.04. The van der Waals surface area contributed by atoms with Crippen molar-refractivity contribution in [1.82, 2.24) is 5.32 Å². The molecule has 1 aliphatic carbocycles. The van der Waals surface area contributed by atoms with Crippen LogP contribution >= 0.6 is 15.9 Å². The molecule has 2 N–H and O–H groups in total. The van der Waals surface area contributed by atoms with E-state index in [9.17, 15) is 9.90 Å². The van der Waals surface area contributed by atoms with Gasteiger partial charge in [0.05, 0.1) is 19.1 Å². The van der Waals surface area contributed by atoms with Crippen molar-refractivity contribution in [3.8, 4) is 5.75 Å². The summed E-state index contributed by atoms with van der Waals surface area (Å²) in [5.41, 5.74) is 0. The van der Waals surface area contributed by atoms with Crippen LogP contribution < -0.4 is 10.1 Å². The monoisotopic (exact) mass is 341 g/mol. The Morgan fingerprint density at radius 2 is 2.10 bits per heavy atom. The molecule has 20 heavy (non-hydrogen) atoms. The van der Waals surface area contributed by atoms with Gasteiger partial charge >= 0.3 is 0 Å². The maximum absolute atomic E-state index is 11.7. The third-order valence-electron chi connectivity index (χ3n) is 3.51. The number of ether oxygens (including phenoxy) is 1. The molecule has 0 saturated heterocycles. The average Bonchev–Trinajstić information content (AvgIpc) is 2.85. The zero-order valence-corrected chi connectivity index (χ0v) is 12.9. The second-order valence-corrected chi connectivity index (χ2v) is 6.11. The molecule has 1 amide bonds. The molecule has 1 fully saturated rings. The smallest absolute Gasteiger partial charge is 0.223 e. The van der Waals surface area contributed by atoms with Crippen LogP contribution in [-0.2, 0) is 4.79 Å². The molecule has 1 aromatic rings. The number of carbonyl (C=O) groups excluding carboxylic acids is 1. The van der Waals surface area contributed by atoms with Crippen LogP contribution in [0.4, 0.5) is 0 Å². The van der Waals surface area contributed by atoms with Gasteiger partial charge in [-0.1, -0.05) is 15.9 Å². The minimum atomic E-state index is -0.183. The number of rotatable bonds is 6. The van der Waals surface area contributed by atoms with Gasteiger partial charge in [-0.3, -0.25) is 4.79 Å². The first-order valence-corrected chi connectivity index (χ1v) is 7.76. The second kappa shape index (κ2) is 7.64. The summed E-state index contributed by atoms with van der Waals surface area (Å²) < 4.78 is 6.50. The van der Waals surface area contributed by atoms with Gasteiger partial charge in [0.25, 0.3) is 0 Å². The Kier molecular flexibility index (Phi) is 5.86. The van der Waals surface area contributed by atoms with Gasteiger partial charge in [0, 0.05) is 11.0 Å². The minimum absolute atomic E-state index is 0.00324. The number of hydrogen-bond acceptors (Lipinski definition) is 3. The van der Waals surface area contributed by atoms with E-state index < -0.39 is 0 Å². The Bertz CT molecular complexity index is 435. The molecule has 4 nitrogen and oxygen atoms in total. The van der Waals surface area contributed by atoms with E-state index in [1.807, 2.05) is 24.3 Å². The van der Waals surface area contributed by atoms with Crippen LogP contribution in [0.1, 0.15) is 25.7 Å². The molecule has 1 saturated carbocycles. The molecule has 0 radical (unpaired) electrons. The highest BCUT2D eigenvalue weighted by molar-refractivity contribution is 9.10. The molecule has 5 heteroatoms. The molecule has 0 bridgehead atoms. The third kappa shape index (κ3) is 5.13. The van der Waals surface area contributed by atoms with Gasteiger partial charge in [-0.25, -0.2) is 0 Å². The van der Waals surface area contributed by atoms with E-state index in [1.165, 1.54) is 0 Å². The number of aliphatic hydroxyl groups is 1. The Labute approximate surface area is 127 Å². The first-order chi connectivity index (χ1) is 9.63. The van der Waals surface area contributed by atoms with E-state index in [2.05, 4.69) is 21.2 Å². The molecule has 2 unspecified atom stereocenters. The molecule has 1 aliphatic rings. The first-order valence-electron chi connectivity index (χ1n) is 6.96. The van der Waals surface area contributed by atoms with Gasteiger partial charge < -0.3 is 15.2 Å². The zero-order valence-electron chi connectivity index (χ0n) is 11.3. The summed E-state index contributed by atoms with van der Waals surface area (Å²) in [5.74, 6) is 1.18. The van der Waals surface area contributed by atoms with Crippen LogP contribution in [0.2, 0.25) is 0 Å². The summed E-state index contributed by atoms with van der Waals surface area (Å²) >= 11 is 3.36. The lowest BCUT2D eigenvalue weighted by molar-refractivity contribution is -0.121. The first kappa shape index (κ1) is 15.3. The molecule has 110 valence electrons. The molecule has 0 aliphatic heterocycles. The lowest BCUT2D eigenvalue weighted by atomic mass is 10.1. The fourth-order valence-corrected chi connectivity index (χ4v) is 2.64. The maximum Gasteiger partial charge on any atom is 0.223 e. The van der Waals surface area contributed by atoms with Crippen LogP contribution in [-0.4, -0.2) is 30.3 Å². The number of nitrogens with one attached hydrogen (secondary N) is 1. The molecular weight excluding hydrogens is 322 g/mol. The van der Waals surface area contributed by atoms with Crippen molar-refractivity contribution < 1.29 is 14.6 Å². The van der Waals surface area contributed by atoms with Crippen LogP contribution in [0.25, 0.3) is 0 Å². The van der Waals surface area contributed by atoms with Crippen LogP contribution in [0.15, 0.2) is 28.7 Å². The maximum atomic E-state index is 11.7. The lowest BCUT2D eigenvalue weighted by Gasteiger charge is -2.11. The van der Waals surface area contributed by atoms with E-state index in [0.29, 0.717) is 25.5 Å². The predicted molar refractivity (Wildman–Crippen MR) is 80.6 cm³/mol. The van der Waals surface area contributed by atoms with Crippen molar-refractivity contribution in [2.24, 2.45) is 5.92 Å². The standard InChI is InChI=1S/C15H20BrNO3/c16-12-2-5-14(6-3-12)20-8-7-15(19)17-10-11-1-4-13(18)9-11/h2-3,5-6,11,13,18H,1,4,7-10H2,(H,17,19). The van der Waals surface area contributed by atoms with Crippen molar-refractivity contribution in [3.63, 3.8) is 0 Å². The van der Waals surface area contributed by atoms with Crippen molar-refractivity contribution in [2.75, 3.05) is 13.2 Å². The van der Waals surface area contributed by atoms with Crippen molar-refractivity contribution in [3.05, 3.63) is 28.7 Å². The Morgan fingerprint density at radius 3 is 2.75 bits per heavy atom. The summed E-state index contributed by atoms with van der Waals surface area (Å²) in [5, 5.41) is 12.3. The summed E-state index contributed by atoms with van der Waals surface area (Å²) in [6, 6.07) is 7.53. The lowest BCUT2D eigenvalue weighted by Crippen LogP contribution is -2.29. The Morgan fingerprint density at radius 1 is 1.35 bits per heavy atom. The van der Waals surface area contributed by atoms with Crippen LogP contribution in [0.3, 0.4) is 0 Å². The number of carbonyl (C=O) groups is 1. The van der Waals surface area contributed by atoms with E-state index in [4.69, 9.17) is 4.74 Å². The Hall–Kier alpha value is -1.07. The minimum Gasteiger partial charge on any atom is -0.493 e. The number of aliphatic hydroxyl groups excluding tert-OH is 1. The van der Waals surface area contributed by atoms with E-state index in [1.54, 1.807) is 0 Å². The summed E-state index contributed by atoms with van der Waals surface area (Å²) in [6.07, 6.45) is 2.82. The van der Waals surface area contributed by atoms with Crippen molar-refractivity contribution in [2.45, 2.75) is 31.8 Å². The summed E-state index contributed by atoms with van der Waals surface area (Å²) in [7, 11) is 0. The van der Waals surface area contributed by atoms with Crippen molar-refractivity contribution >= 4 is 21.8 Å². The fraction of sp³-hybridized carbons (Fsp3) is 0.533. The SMILES string of the molecule is O=C(CCOc1ccc(Br)cc1)NCC1CCC(O)C1. The van der Waals surface area contributed by atoms with Crippen molar-refractivity contribution in [1.29, 1.82) is 0 Å². The van der Waals surface area contributed by atoms with Gasteiger partial charge in [-0.2, -0.15) is 0 Å². The number of amides is 1. The van der Waals surface area contributed by atoms with Gasteiger partial charge in [0.2, 0.25) is 5.91 Å². The van der Waals surface area contributed by atoms with E-state index >= 15 is 0 Å². The molecular formula is C15H20BrNO3. The topological polar surface area (TPSA) is 58.6 Å². The van der Waals surface area contributed by atoms with E-state index in [-0.39, 0.29) is 12.0 Å². The Balaban J connectivity index is 1.59. The predicted octanol–water partition coefficient (Wildman–Crippen LogP) is 2.50.